The first kappa shape index (κ1) is 16.2. The van der Waals surface area contributed by atoms with Crippen molar-refractivity contribution in [1.82, 2.24) is 15.5 Å². The zero-order chi connectivity index (χ0) is 17.2. The van der Waals surface area contributed by atoms with Crippen LogP contribution in [0.2, 0.25) is 0 Å². The number of piperidine rings is 1. The van der Waals surface area contributed by atoms with Gasteiger partial charge in [-0.1, -0.05) is 0 Å². The minimum atomic E-state index is -0.389. The largest absolute Gasteiger partial charge is 0.454 e. The maximum Gasteiger partial charge on any atom is 0.254 e. The highest BCUT2D eigenvalue weighted by molar-refractivity contribution is 5.98. The van der Waals surface area contributed by atoms with Crippen LogP contribution in [0, 0.1) is 0 Å². The maximum absolute atomic E-state index is 12.9. The normalized spacial score (nSPS) is 25.0. The third-order valence-corrected chi connectivity index (χ3v) is 5.08. The maximum atomic E-state index is 12.9. The Balaban J connectivity index is 1.45. The second-order valence-electron chi connectivity index (χ2n) is 6.78. The summed E-state index contributed by atoms with van der Waals surface area (Å²) in [5.74, 6) is 1.06. The van der Waals surface area contributed by atoms with E-state index in [0.717, 1.165) is 32.4 Å². The van der Waals surface area contributed by atoms with Crippen molar-refractivity contribution in [3.63, 3.8) is 0 Å². The summed E-state index contributed by atoms with van der Waals surface area (Å²) in [6, 6.07) is 4.94. The van der Waals surface area contributed by atoms with Crippen molar-refractivity contribution in [1.29, 1.82) is 0 Å². The number of rotatable bonds is 3. The zero-order valence-corrected chi connectivity index (χ0v) is 14.1. The fourth-order valence-corrected chi connectivity index (χ4v) is 3.75. The number of benzene rings is 1. The number of nitrogens with one attached hydrogen (secondary N) is 2. The fourth-order valence-electron chi connectivity index (χ4n) is 3.75. The first-order chi connectivity index (χ1) is 12.2. The van der Waals surface area contributed by atoms with Crippen molar-refractivity contribution in [2.75, 3.05) is 26.4 Å². The predicted molar refractivity (Wildman–Crippen MR) is 90.7 cm³/mol. The van der Waals surface area contributed by atoms with E-state index in [1.54, 1.807) is 23.1 Å². The molecule has 2 fully saturated rings. The molecule has 0 aromatic heterocycles. The molecule has 0 spiro atoms. The van der Waals surface area contributed by atoms with Crippen molar-refractivity contribution in [2.45, 2.75) is 37.8 Å². The summed E-state index contributed by atoms with van der Waals surface area (Å²) in [4.78, 5) is 27.2. The smallest absolute Gasteiger partial charge is 0.254 e. The van der Waals surface area contributed by atoms with E-state index in [1.165, 1.54) is 0 Å². The third-order valence-electron chi connectivity index (χ3n) is 5.08. The Morgan fingerprint density at radius 1 is 1.16 bits per heavy atom. The summed E-state index contributed by atoms with van der Waals surface area (Å²) >= 11 is 0. The fraction of sp³-hybridized carbons (Fsp3) is 0.556. The highest BCUT2D eigenvalue weighted by Gasteiger charge is 2.35. The van der Waals surface area contributed by atoms with Crippen molar-refractivity contribution in [3.8, 4) is 11.5 Å². The number of likely N-dealkylation sites (tertiary alicyclic amines) is 1. The predicted octanol–water partition coefficient (Wildman–Crippen LogP) is 0.888. The highest BCUT2D eigenvalue weighted by Crippen LogP contribution is 2.33. The lowest BCUT2D eigenvalue weighted by Gasteiger charge is -2.28. The van der Waals surface area contributed by atoms with Gasteiger partial charge in [-0.2, -0.15) is 0 Å². The van der Waals surface area contributed by atoms with Crippen LogP contribution in [0.5, 0.6) is 11.5 Å². The summed E-state index contributed by atoms with van der Waals surface area (Å²) in [5, 5.41) is 6.39. The molecular formula is C18H23N3O4. The van der Waals surface area contributed by atoms with Gasteiger partial charge in [-0.3, -0.25) is 9.59 Å². The second kappa shape index (κ2) is 6.92. The Morgan fingerprint density at radius 2 is 2.04 bits per heavy atom. The van der Waals surface area contributed by atoms with Crippen LogP contribution in [-0.4, -0.2) is 55.2 Å². The van der Waals surface area contributed by atoms with Crippen LogP contribution in [0.3, 0.4) is 0 Å². The van der Waals surface area contributed by atoms with Crippen molar-refractivity contribution < 1.29 is 19.1 Å². The molecule has 2 amide bonds. The van der Waals surface area contributed by atoms with Gasteiger partial charge in [0.25, 0.3) is 5.91 Å². The molecule has 2 N–H and O–H groups in total. The quantitative estimate of drug-likeness (QED) is 0.850. The molecule has 1 aromatic rings. The number of carbonyl (C=O) groups is 2. The van der Waals surface area contributed by atoms with E-state index >= 15 is 0 Å². The molecule has 3 heterocycles. The molecule has 1 aromatic carbocycles. The van der Waals surface area contributed by atoms with Gasteiger partial charge >= 0.3 is 0 Å². The van der Waals surface area contributed by atoms with E-state index in [1.807, 2.05) is 0 Å². The molecule has 134 valence electrons. The minimum Gasteiger partial charge on any atom is -0.454 e. The summed E-state index contributed by atoms with van der Waals surface area (Å²) in [6.07, 6.45) is 3.61. The summed E-state index contributed by atoms with van der Waals surface area (Å²) in [5.41, 5.74) is 0.531. The molecule has 2 saturated heterocycles. The van der Waals surface area contributed by atoms with Gasteiger partial charge in [0.1, 0.15) is 6.04 Å². The van der Waals surface area contributed by atoms with E-state index in [-0.39, 0.29) is 30.7 Å². The molecule has 7 heteroatoms. The van der Waals surface area contributed by atoms with Crippen LogP contribution >= 0.6 is 0 Å². The summed E-state index contributed by atoms with van der Waals surface area (Å²) < 4.78 is 10.6. The molecule has 2 atom stereocenters. The number of hydrogen-bond donors (Lipinski definition) is 2. The molecular weight excluding hydrogens is 322 g/mol. The van der Waals surface area contributed by atoms with Crippen LogP contribution in [0.15, 0.2) is 18.2 Å². The molecule has 25 heavy (non-hydrogen) atoms. The number of amides is 2. The first-order valence-electron chi connectivity index (χ1n) is 8.94. The van der Waals surface area contributed by atoms with E-state index in [0.29, 0.717) is 30.0 Å². The van der Waals surface area contributed by atoms with Gasteiger partial charge in [0.05, 0.1) is 0 Å². The molecule has 4 rings (SSSR count). The molecule has 0 saturated carbocycles. The van der Waals surface area contributed by atoms with Gasteiger partial charge in [0.15, 0.2) is 11.5 Å². The first-order valence-corrected chi connectivity index (χ1v) is 8.94. The lowest BCUT2D eigenvalue weighted by molar-refractivity contribution is -0.125. The van der Waals surface area contributed by atoms with Gasteiger partial charge in [0, 0.05) is 24.7 Å². The second-order valence-corrected chi connectivity index (χ2v) is 6.78. The van der Waals surface area contributed by atoms with Gasteiger partial charge in [-0.15, -0.1) is 0 Å². The lowest BCUT2D eigenvalue weighted by atomic mass is 10.1. The average Bonchev–Trinajstić information content (AvgIpc) is 3.30. The molecule has 7 nitrogen and oxygen atoms in total. The Labute approximate surface area is 146 Å². The SMILES string of the molecule is O=C(NC1CCCNC1)C1CCCN1C(=O)c1ccc2c(c1)OCO2. The summed E-state index contributed by atoms with van der Waals surface area (Å²) in [7, 11) is 0. The number of carbonyl (C=O) groups excluding carboxylic acids is 2. The van der Waals surface area contributed by atoms with Crippen molar-refractivity contribution >= 4 is 11.8 Å². The lowest BCUT2D eigenvalue weighted by Crippen LogP contribution is -2.52. The molecule has 0 radical (unpaired) electrons. The van der Waals surface area contributed by atoms with Crippen LogP contribution < -0.4 is 20.1 Å². The van der Waals surface area contributed by atoms with Crippen molar-refractivity contribution in [2.24, 2.45) is 0 Å². The number of hydrogen-bond acceptors (Lipinski definition) is 5. The number of nitrogens with zero attached hydrogens (tertiary/aromatic N) is 1. The molecule has 2 unspecified atom stereocenters. The topological polar surface area (TPSA) is 79.9 Å². The van der Waals surface area contributed by atoms with Gasteiger partial charge in [-0.05, 0) is 50.4 Å². The molecule has 3 aliphatic rings. The Hall–Kier alpha value is -2.28. The number of ether oxygens (including phenoxy) is 2. The van der Waals surface area contributed by atoms with E-state index < -0.39 is 0 Å². The standard InChI is InChI=1S/C18H23N3O4/c22-17(20-13-3-1-7-19-10-13)14-4-2-8-21(14)18(23)12-5-6-15-16(9-12)25-11-24-15/h5-6,9,13-14,19H,1-4,7-8,10-11H2,(H,20,22). The number of fused-ring (bicyclic) bond motifs is 1. The zero-order valence-electron chi connectivity index (χ0n) is 14.1. The Kier molecular flexibility index (Phi) is 4.48. The van der Waals surface area contributed by atoms with Crippen LogP contribution in [-0.2, 0) is 4.79 Å². The summed E-state index contributed by atoms with van der Waals surface area (Å²) in [6.45, 7) is 2.59. The van der Waals surface area contributed by atoms with Gasteiger partial charge < -0.3 is 25.0 Å². The monoisotopic (exact) mass is 345 g/mol. The van der Waals surface area contributed by atoms with Crippen LogP contribution in [0.25, 0.3) is 0 Å². The minimum absolute atomic E-state index is 0.0414. The van der Waals surface area contributed by atoms with E-state index in [4.69, 9.17) is 9.47 Å². The van der Waals surface area contributed by atoms with E-state index in [9.17, 15) is 9.59 Å². The van der Waals surface area contributed by atoms with Crippen molar-refractivity contribution in [3.05, 3.63) is 23.8 Å². The van der Waals surface area contributed by atoms with Crippen LogP contribution in [0.4, 0.5) is 0 Å². The molecule has 0 bridgehead atoms. The molecule has 3 aliphatic heterocycles. The Bertz CT molecular complexity index is 672. The van der Waals surface area contributed by atoms with Gasteiger partial charge in [-0.25, -0.2) is 0 Å². The Morgan fingerprint density at radius 3 is 2.88 bits per heavy atom. The third kappa shape index (κ3) is 3.28. The highest BCUT2D eigenvalue weighted by atomic mass is 16.7. The average molecular weight is 345 g/mol. The van der Waals surface area contributed by atoms with Crippen LogP contribution in [0.1, 0.15) is 36.0 Å². The van der Waals surface area contributed by atoms with Gasteiger partial charge in [0.2, 0.25) is 12.7 Å². The molecule has 0 aliphatic carbocycles. The van der Waals surface area contributed by atoms with E-state index in [2.05, 4.69) is 10.6 Å².